The van der Waals surface area contributed by atoms with Gasteiger partial charge >= 0.3 is 5.97 Å². The van der Waals surface area contributed by atoms with Gasteiger partial charge in [0.05, 0.1) is 12.4 Å². The number of thiophene rings is 1. The number of anilines is 1. The van der Waals surface area contributed by atoms with Gasteiger partial charge in [-0.15, -0.1) is 11.3 Å². The van der Waals surface area contributed by atoms with E-state index in [1.165, 1.54) is 51.4 Å². The summed E-state index contributed by atoms with van der Waals surface area (Å²) in [6.45, 7) is 7.66. The molecule has 1 amide bonds. The van der Waals surface area contributed by atoms with Crippen LogP contribution in [-0.2, 0) is 20.7 Å². The normalized spacial score (nSPS) is 11.0. The molecule has 0 fully saturated rings. The van der Waals surface area contributed by atoms with Crippen LogP contribution in [0.2, 0.25) is 0 Å². The van der Waals surface area contributed by atoms with Crippen molar-refractivity contribution in [3.05, 3.63) is 46.3 Å². The molecule has 6 nitrogen and oxygen atoms in total. The fourth-order valence-corrected chi connectivity index (χ4v) is 5.46. The Morgan fingerprint density at radius 1 is 1.16 bits per heavy atom. The van der Waals surface area contributed by atoms with E-state index in [1.54, 1.807) is 18.3 Å². The molecule has 0 bridgehead atoms. The summed E-state index contributed by atoms with van der Waals surface area (Å²) < 4.78 is 18.4. The average Bonchev–Trinajstić information content (AvgIpc) is 3.05. The molecule has 0 atom stereocenters. The standard InChI is InChI=1S/C22H24FN3O3S2/c1-5-17-13(3)31-22-20(17)21(24-14(4)25-22)30-12-18(27)26(11-19(28)29-6-2)16-9-7-15(23)8-10-16/h7-10H,5-6,11-12H2,1-4H3. The van der Waals surface area contributed by atoms with E-state index in [0.29, 0.717) is 11.5 Å². The molecule has 3 rings (SSSR count). The van der Waals surface area contributed by atoms with E-state index in [9.17, 15) is 14.0 Å². The number of ether oxygens (including phenoxy) is 1. The molecule has 2 aromatic heterocycles. The summed E-state index contributed by atoms with van der Waals surface area (Å²) in [5.74, 6) is -0.514. The Bertz CT molecular complexity index is 1100. The number of fused-ring (bicyclic) bond motifs is 1. The summed E-state index contributed by atoms with van der Waals surface area (Å²) in [5.41, 5.74) is 1.63. The summed E-state index contributed by atoms with van der Waals surface area (Å²) in [6, 6.07) is 5.46. The van der Waals surface area contributed by atoms with Gasteiger partial charge in [-0.2, -0.15) is 0 Å². The zero-order chi connectivity index (χ0) is 22.5. The van der Waals surface area contributed by atoms with Gasteiger partial charge in [0.1, 0.15) is 28.0 Å². The second-order valence-corrected chi connectivity index (χ2v) is 8.96. The van der Waals surface area contributed by atoms with Crippen molar-refractivity contribution in [3.8, 4) is 0 Å². The van der Waals surface area contributed by atoms with Crippen LogP contribution in [0.4, 0.5) is 10.1 Å². The number of thioether (sulfide) groups is 1. The molecule has 0 aliphatic heterocycles. The lowest BCUT2D eigenvalue weighted by molar-refractivity contribution is -0.142. The number of nitrogens with zero attached hydrogens (tertiary/aromatic N) is 3. The van der Waals surface area contributed by atoms with Crippen molar-refractivity contribution in [3.63, 3.8) is 0 Å². The Hall–Kier alpha value is -2.52. The highest BCUT2D eigenvalue weighted by molar-refractivity contribution is 8.00. The zero-order valence-corrected chi connectivity index (χ0v) is 19.5. The Morgan fingerprint density at radius 3 is 2.52 bits per heavy atom. The van der Waals surface area contributed by atoms with Crippen molar-refractivity contribution >= 4 is 50.9 Å². The topological polar surface area (TPSA) is 72.4 Å². The van der Waals surface area contributed by atoms with Crippen LogP contribution in [0.25, 0.3) is 10.2 Å². The van der Waals surface area contributed by atoms with Crippen molar-refractivity contribution in [1.82, 2.24) is 9.97 Å². The molecule has 0 radical (unpaired) electrons. The monoisotopic (exact) mass is 461 g/mol. The third-order valence-electron chi connectivity index (χ3n) is 4.65. The van der Waals surface area contributed by atoms with E-state index in [2.05, 4.69) is 23.8 Å². The van der Waals surface area contributed by atoms with E-state index in [-0.39, 0.29) is 24.8 Å². The quantitative estimate of drug-likeness (QED) is 0.275. The minimum atomic E-state index is -0.521. The maximum absolute atomic E-state index is 13.4. The van der Waals surface area contributed by atoms with Crippen molar-refractivity contribution in [2.75, 3.05) is 23.8 Å². The first-order valence-corrected chi connectivity index (χ1v) is 11.7. The molecule has 0 unspecified atom stereocenters. The number of aryl methyl sites for hydroxylation is 3. The second kappa shape index (κ2) is 10.2. The fourth-order valence-electron chi connectivity index (χ4n) is 3.26. The lowest BCUT2D eigenvalue weighted by Crippen LogP contribution is -2.37. The molecule has 0 aliphatic carbocycles. The zero-order valence-electron chi connectivity index (χ0n) is 17.9. The lowest BCUT2D eigenvalue weighted by Gasteiger charge is -2.22. The van der Waals surface area contributed by atoms with Gasteiger partial charge < -0.3 is 9.64 Å². The number of hydrogen-bond acceptors (Lipinski definition) is 7. The Kier molecular flexibility index (Phi) is 7.61. The summed E-state index contributed by atoms with van der Waals surface area (Å²) in [5, 5.41) is 1.75. The van der Waals surface area contributed by atoms with Crippen LogP contribution in [0, 0.1) is 19.7 Å². The maximum atomic E-state index is 13.4. The minimum absolute atomic E-state index is 0.0698. The van der Waals surface area contributed by atoms with Gasteiger partial charge in [0.25, 0.3) is 0 Å². The predicted octanol–water partition coefficient (Wildman–Crippen LogP) is 4.70. The molecule has 0 saturated carbocycles. The van der Waals surface area contributed by atoms with Gasteiger partial charge in [-0.3, -0.25) is 9.59 Å². The van der Waals surface area contributed by atoms with E-state index in [4.69, 9.17) is 4.74 Å². The summed E-state index contributed by atoms with van der Waals surface area (Å²) in [7, 11) is 0. The number of benzene rings is 1. The van der Waals surface area contributed by atoms with Gasteiger partial charge in [-0.05, 0) is 57.0 Å². The lowest BCUT2D eigenvalue weighted by atomic mass is 10.1. The summed E-state index contributed by atoms with van der Waals surface area (Å²) in [6.07, 6.45) is 0.852. The van der Waals surface area contributed by atoms with Crippen molar-refractivity contribution < 1.29 is 18.7 Å². The molecular weight excluding hydrogens is 437 g/mol. The van der Waals surface area contributed by atoms with Crippen molar-refractivity contribution in [1.29, 1.82) is 0 Å². The Morgan fingerprint density at radius 2 is 1.87 bits per heavy atom. The van der Waals surface area contributed by atoms with Crippen LogP contribution in [-0.4, -0.2) is 40.7 Å². The number of halogens is 1. The molecular formula is C22H24FN3O3S2. The van der Waals surface area contributed by atoms with Gasteiger partial charge in [0.2, 0.25) is 5.91 Å². The van der Waals surface area contributed by atoms with Crippen LogP contribution in [0.1, 0.15) is 30.1 Å². The average molecular weight is 462 g/mol. The SMILES string of the molecule is CCOC(=O)CN(C(=O)CSc1nc(C)nc2sc(C)c(CC)c12)c1ccc(F)cc1. The number of rotatable bonds is 8. The first kappa shape index (κ1) is 23.1. The smallest absolute Gasteiger partial charge is 0.326 e. The van der Waals surface area contributed by atoms with E-state index in [0.717, 1.165) is 21.7 Å². The molecule has 0 spiro atoms. The number of amides is 1. The van der Waals surface area contributed by atoms with Crippen LogP contribution >= 0.6 is 23.1 Å². The largest absolute Gasteiger partial charge is 0.465 e. The fraction of sp³-hybridized carbons (Fsp3) is 0.364. The van der Waals surface area contributed by atoms with Gasteiger partial charge in [0.15, 0.2) is 0 Å². The number of hydrogen-bond donors (Lipinski definition) is 0. The summed E-state index contributed by atoms with van der Waals surface area (Å²) in [4.78, 5) is 37.7. The number of aromatic nitrogens is 2. The second-order valence-electron chi connectivity index (χ2n) is 6.80. The van der Waals surface area contributed by atoms with Gasteiger partial charge in [0, 0.05) is 16.0 Å². The Labute approximate surface area is 188 Å². The van der Waals surface area contributed by atoms with Crippen LogP contribution < -0.4 is 4.90 Å². The van der Waals surface area contributed by atoms with Crippen molar-refractivity contribution in [2.45, 2.75) is 39.1 Å². The molecule has 0 saturated heterocycles. The molecule has 3 aromatic rings. The third kappa shape index (κ3) is 5.40. The Balaban J connectivity index is 1.87. The van der Waals surface area contributed by atoms with E-state index >= 15 is 0 Å². The number of carbonyl (C=O) groups is 2. The number of esters is 1. The highest BCUT2D eigenvalue weighted by atomic mass is 32.2. The van der Waals surface area contributed by atoms with E-state index in [1.807, 2.05) is 6.92 Å². The molecule has 31 heavy (non-hydrogen) atoms. The predicted molar refractivity (Wildman–Crippen MR) is 122 cm³/mol. The van der Waals surface area contributed by atoms with E-state index < -0.39 is 11.8 Å². The van der Waals surface area contributed by atoms with Crippen LogP contribution in [0.15, 0.2) is 29.3 Å². The summed E-state index contributed by atoms with van der Waals surface area (Å²) >= 11 is 2.95. The highest BCUT2D eigenvalue weighted by Gasteiger charge is 2.22. The van der Waals surface area contributed by atoms with Crippen LogP contribution in [0.3, 0.4) is 0 Å². The minimum Gasteiger partial charge on any atom is -0.465 e. The maximum Gasteiger partial charge on any atom is 0.326 e. The van der Waals surface area contributed by atoms with Gasteiger partial charge in [-0.25, -0.2) is 14.4 Å². The molecule has 0 N–H and O–H groups in total. The third-order valence-corrected chi connectivity index (χ3v) is 6.65. The molecule has 9 heteroatoms. The first-order chi connectivity index (χ1) is 14.8. The van der Waals surface area contributed by atoms with Crippen molar-refractivity contribution in [2.24, 2.45) is 0 Å². The molecule has 164 valence electrons. The molecule has 2 heterocycles. The first-order valence-electron chi connectivity index (χ1n) is 9.95. The van der Waals surface area contributed by atoms with Gasteiger partial charge in [-0.1, -0.05) is 18.7 Å². The highest BCUT2D eigenvalue weighted by Crippen LogP contribution is 2.36. The molecule has 1 aromatic carbocycles. The van der Waals surface area contributed by atoms with Crippen LogP contribution in [0.5, 0.6) is 0 Å². The molecule has 0 aliphatic rings. The number of carbonyl (C=O) groups excluding carboxylic acids is 2.